The van der Waals surface area contributed by atoms with E-state index in [1.54, 1.807) is 0 Å². The molecule has 0 aliphatic rings. The third-order valence-electron chi connectivity index (χ3n) is 1.01. The summed E-state index contributed by atoms with van der Waals surface area (Å²) in [6.45, 7) is 0. The van der Waals surface area contributed by atoms with Gasteiger partial charge in [0.05, 0.1) is 0 Å². The highest BCUT2D eigenvalue weighted by Gasteiger charge is 1.99. The molecule has 0 aliphatic heterocycles. The molecule has 0 saturated carbocycles. The molecule has 1 rings (SSSR count). The van der Waals surface area contributed by atoms with Gasteiger partial charge >= 0.3 is 0 Å². The first-order chi connectivity index (χ1) is 5.15. The zero-order valence-corrected chi connectivity index (χ0v) is 6.02. The fourth-order valence-electron chi connectivity index (χ4n) is 0.545. The maximum absolute atomic E-state index is 8.94. The first kappa shape index (κ1) is 7.67. The van der Waals surface area contributed by atoms with Crippen molar-refractivity contribution in [2.75, 3.05) is 5.73 Å². The Morgan fingerprint density at radius 3 is 2.91 bits per heavy atom. The lowest BCUT2D eigenvalue weighted by molar-refractivity contribution is 0.161. The van der Waals surface area contributed by atoms with Crippen LogP contribution in [0, 0.1) is 0 Å². The van der Waals surface area contributed by atoms with Crippen molar-refractivity contribution in [1.29, 1.82) is 0 Å². The molecule has 11 heavy (non-hydrogen) atoms. The Balaban J connectivity index is 3.50. The van der Waals surface area contributed by atoms with Crippen LogP contribution in [0.4, 0.5) is 5.95 Å². The van der Waals surface area contributed by atoms with E-state index in [0.717, 1.165) is 6.07 Å². The molecule has 7 heteroatoms. The Labute approximate surface area is 66.1 Å². The SMILES string of the molecule is Nc1nc(Cl)cc(=NO)n1O. The maximum Gasteiger partial charge on any atom is 0.237 e. The van der Waals surface area contributed by atoms with Gasteiger partial charge in [-0.25, -0.2) is 4.98 Å². The van der Waals surface area contributed by atoms with E-state index in [0.29, 0.717) is 4.73 Å². The molecule has 0 bridgehead atoms. The molecule has 0 amide bonds. The summed E-state index contributed by atoms with van der Waals surface area (Å²) in [5, 5.41) is 20.0. The summed E-state index contributed by atoms with van der Waals surface area (Å²) in [5.74, 6) is -0.245. The standard InChI is InChI=1S/C4H5ClN4O2/c5-2-1-3(8-10)9(11)4(6)7-2/h1,10-11H,(H2,6,7). The van der Waals surface area contributed by atoms with Gasteiger partial charge < -0.3 is 16.1 Å². The summed E-state index contributed by atoms with van der Waals surface area (Å²) in [5.41, 5.74) is 4.97. The third kappa shape index (κ3) is 1.35. The Bertz CT molecular complexity index is 333. The number of nitrogen functional groups attached to an aromatic ring is 1. The Morgan fingerprint density at radius 1 is 1.73 bits per heavy atom. The molecule has 1 aromatic rings. The predicted molar refractivity (Wildman–Crippen MR) is 36.2 cm³/mol. The lowest BCUT2D eigenvalue weighted by Crippen LogP contribution is -2.22. The van der Waals surface area contributed by atoms with E-state index in [1.165, 1.54) is 0 Å². The smallest absolute Gasteiger partial charge is 0.237 e. The van der Waals surface area contributed by atoms with Crippen LogP contribution in [-0.2, 0) is 0 Å². The van der Waals surface area contributed by atoms with E-state index in [-0.39, 0.29) is 16.6 Å². The summed E-state index contributed by atoms with van der Waals surface area (Å²) < 4.78 is 0.409. The minimum Gasteiger partial charge on any atom is -0.423 e. The van der Waals surface area contributed by atoms with Crippen molar-refractivity contribution >= 4 is 17.5 Å². The molecule has 0 aliphatic carbocycles. The van der Waals surface area contributed by atoms with Crippen LogP contribution >= 0.6 is 11.6 Å². The van der Waals surface area contributed by atoms with Gasteiger partial charge in [0, 0.05) is 6.07 Å². The number of aromatic nitrogens is 2. The molecule has 0 unspecified atom stereocenters. The van der Waals surface area contributed by atoms with Gasteiger partial charge in [0.1, 0.15) is 5.15 Å². The third-order valence-corrected chi connectivity index (χ3v) is 1.20. The fraction of sp³-hybridized carbons (Fsp3) is 0. The highest BCUT2D eigenvalue weighted by atomic mass is 35.5. The fourth-order valence-corrected chi connectivity index (χ4v) is 0.730. The number of rotatable bonds is 0. The summed E-state index contributed by atoms with van der Waals surface area (Å²) in [7, 11) is 0. The van der Waals surface area contributed by atoms with Gasteiger partial charge in [-0.1, -0.05) is 16.8 Å². The van der Waals surface area contributed by atoms with Gasteiger partial charge in [-0.3, -0.25) is 0 Å². The van der Waals surface area contributed by atoms with E-state index in [4.69, 9.17) is 27.7 Å². The van der Waals surface area contributed by atoms with E-state index in [1.807, 2.05) is 0 Å². The monoisotopic (exact) mass is 176 g/mol. The lowest BCUT2D eigenvalue weighted by atomic mass is 10.6. The molecule has 0 atom stereocenters. The van der Waals surface area contributed by atoms with Crippen LogP contribution in [0.3, 0.4) is 0 Å². The highest BCUT2D eigenvalue weighted by molar-refractivity contribution is 6.29. The predicted octanol–water partition coefficient (Wildman–Crippen LogP) is -0.354. The first-order valence-electron chi connectivity index (χ1n) is 2.57. The summed E-state index contributed by atoms with van der Waals surface area (Å²) in [4.78, 5) is 3.47. The minimum absolute atomic E-state index is 0.0422. The molecule has 6 nitrogen and oxygen atoms in total. The van der Waals surface area contributed by atoms with Gasteiger partial charge in [0.25, 0.3) is 0 Å². The molecule has 0 saturated heterocycles. The van der Waals surface area contributed by atoms with E-state index < -0.39 is 0 Å². The molecule has 0 spiro atoms. The largest absolute Gasteiger partial charge is 0.423 e. The second-order valence-electron chi connectivity index (χ2n) is 1.71. The zero-order chi connectivity index (χ0) is 8.43. The number of nitrogens with zero attached hydrogens (tertiary/aromatic N) is 3. The van der Waals surface area contributed by atoms with Gasteiger partial charge in [-0.2, -0.15) is 0 Å². The number of nitrogens with two attached hydrogens (primary N) is 1. The molecule has 1 aromatic heterocycles. The van der Waals surface area contributed by atoms with Crippen LogP contribution in [0.15, 0.2) is 11.2 Å². The van der Waals surface area contributed by atoms with Crippen molar-refractivity contribution in [1.82, 2.24) is 9.71 Å². The average molecular weight is 177 g/mol. The second kappa shape index (κ2) is 2.67. The van der Waals surface area contributed by atoms with Crippen molar-refractivity contribution < 1.29 is 10.4 Å². The van der Waals surface area contributed by atoms with Crippen molar-refractivity contribution in [3.63, 3.8) is 0 Å². The van der Waals surface area contributed by atoms with Crippen LogP contribution in [-0.4, -0.2) is 20.1 Å². The average Bonchev–Trinajstić information content (AvgIpc) is 1.96. The first-order valence-corrected chi connectivity index (χ1v) is 2.95. The highest BCUT2D eigenvalue weighted by Crippen LogP contribution is 2.00. The Morgan fingerprint density at radius 2 is 2.36 bits per heavy atom. The number of halogens is 1. The number of anilines is 1. The van der Waals surface area contributed by atoms with Crippen LogP contribution < -0.4 is 11.2 Å². The minimum atomic E-state index is -0.245. The number of hydrogen-bond donors (Lipinski definition) is 3. The maximum atomic E-state index is 8.94. The zero-order valence-electron chi connectivity index (χ0n) is 5.27. The van der Waals surface area contributed by atoms with Crippen molar-refractivity contribution in [2.45, 2.75) is 0 Å². The summed E-state index contributed by atoms with van der Waals surface area (Å²) in [6.07, 6.45) is 0. The Kier molecular flexibility index (Phi) is 1.86. The quantitative estimate of drug-likeness (QED) is 0.218. The van der Waals surface area contributed by atoms with Gasteiger partial charge in [0.15, 0.2) is 0 Å². The lowest BCUT2D eigenvalue weighted by Gasteiger charge is -1.99. The molecule has 0 aromatic carbocycles. The van der Waals surface area contributed by atoms with E-state index >= 15 is 0 Å². The van der Waals surface area contributed by atoms with Crippen LogP contribution in [0.1, 0.15) is 0 Å². The van der Waals surface area contributed by atoms with Gasteiger partial charge in [-0.05, 0) is 0 Å². The molecular weight excluding hydrogens is 172 g/mol. The topological polar surface area (TPSA) is 96.7 Å². The van der Waals surface area contributed by atoms with Gasteiger partial charge in [0.2, 0.25) is 11.4 Å². The normalized spacial score (nSPS) is 11.9. The van der Waals surface area contributed by atoms with Crippen LogP contribution in [0.25, 0.3) is 0 Å². The van der Waals surface area contributed by atoms with Crippen LogP contribution in [0.5, 0.6) is 0 Å². The molecule has 0 radical (unpaired) electrons. The van der Waals surface area contributed by atoms with Gasteiger partial charge in [-0.15, -0.1) is 4.73 Å². The van der Waals surface area contributed by atoms with Crippen molar-refractivity contribution in [3.8, 4) is 0 Å². The van der Waals surface area contributed by atoms with Crippen molar-refractivity contribution in [3.05, 3.63) is 16.7 Å². The van der Waals surface area contributed by atoms with Crippen molar-refractivity contribution in [2.24, 2.45) is 5.16 Å². The molecule has 60 valence electrons. The molecule has 0 fully saturated rings. The van der Waals surface area contributed by atoms with E-state index in [9.17, 15) is 0 Å². The molecule has 4 N–H and O–H groups in total. The second-order valence-corrected chi connectivity index (χ2v) is 2.09. The molecular formula is C4H5ClN4O2. The summed E-state index contributed by atoms with van der Waals surface area (Å²) in [6, 6.07) is 1.15. The van der Waals surface area contributed by atoms with E-state index in [2.05, 4.69) is 10.1 Å². The van der Waals surface area contributed by atoms with Crippen LogP contribution in [0.2, 0.25) is 5.15 Å². The summed E-state index contributed by atoms with van der Waals surface area (Å²) >= 11 is 5.41. The Hall–Kier alpha value is -1.43. The molecule has 1 heterocycles. The number of hydrogen-bond acceptors (Lipinski definition) is 5.